The predicted molar refractivity (Wildman–Crippen MR) is 75.9 cm³/mol. The van der Waals surface area contributed by atoms with Crippen LogP contribution in [0.5, 0.6) is 5.88 Å². The molecule has 0 amide bonds. The van der Waals surface area contributed by atoms with Crippen molar-refractivity contribution in [3.05, 3.63) is 10.7 Å². The number of rotatable bonds is 4. The average molecular weight is 314 g/mol. The molecule has 0 bridgehead atoms. The Hall–Kier alpha value is -0.840. The van der Waals surface area contributed by atoms with Gasteiger partial charge < -0.3 is 10.1 Å². The van der Waals surface area contributed by atoms with Crippen molar-refractivity contribution in [3.63, 3.8) is 0 Å². The number of ether oxygens (including phenoxy) is 1. The van der Waals surface area contributed by atoms with Crippen molar-refractivity contribution >= 4 is 21.9 Å². The Kier molecular flexibility index (Phi) is 4.80. The molecule has 1 aromatic rings. The summed E-state index contributed by atoms with van der Waals surface area (Å²) in [5.74, 6) is 2.11. The zero-order chi connectivity index (χ0) is 13.0. The van der Waals surface area contributed by atoms with E-state index < -0.39 is 0 Å². The van der Waals surface area contributed by atoms with Gasteiger partial charge in [-0.25, -0.2) is 4.98 Å². The number of anilines is 1. The lowest BCUT2D eigenvalue weighted by Gasteiger charge is -2.26. The van der Waals surface area contributed by atoms with Gasteiger partial charge in [-0.3, -0.25) is 0 Å². The Balaban J connectivity index is 2.01. The Morgan fingerprint density at radius 1 is 1.39 bits per heavy atom. The molecule has 1 saturated carbocycles. The van der Waals surface area contributed by atoms with Crippen molar-refractivity contribution in [2.75, 3.05) is 11.9 Å². The summed E-state index contributed by atoms with van der Waals surface area (Å²) in [6.07, 6.45) is 6.76. The Bertz CT molecular complexity index is 392. The van der Waals surface area contributed by atoms with Gasteiger partial charge in [-0.15, -0.1) is 0 Å². The number of hydrogen-bond donors (Lipinski definition) is 1. The second-order valence-electron chi connectivity index (χ2n) is 4.88. The van der Waals surface area contributed by atoms with Crippen LogP contribution < -0.4 is 10.1 Å². The minimum Gasteiger partial charge on any atom is -0.473 e. The van der Waals surface area contributed by atoms with Gasteiger partial charge in [-0.05, 0) is 54.5 Å². The van der Waals surface area contributed by atoms with Crippen LogP contribution in [0.1, 0.15) is 39.5 Å². The monoisotopic (exact) mass is 313 g/mol. The number of aromatic nitrogens is 2. The molecule has 2 rings (SSSR count). The van der Waals surface area contributed by atoms with E-state index in [2.05, 4.69) is 38.1 Å². The van der Waals surface area contributed by atoms with Gasteiger partial charge in [-0.1, -0.05) is 6.92 Å². The van der Waals surface area contributed by atoms with Gasteiger partial charge in [0.05, 0.1) is 10.7 Å². The molecular formula is C13H20BrN3O. The molecule has 0 aliphatic heterocycles. The van der Waals surface area contributed by atoms with Gasteiger partial charge in [0.2, 0.25) is 11.8 Å². The van der Waals surface area contributed by atoms with Crippen LogP contribution in [0.4, 0.5) is 5.95 Å². The third kappa shape index (κ3) is 3.57. The fourth-order valence-corrected chi connectivity index (χ4v) is 2.47. The summed E-state index contributed by atoms with van der Waals surface area (Å²) >= 11 is 3.44. The Morgan fingerprint density at radius 2 is 2.11 bits per heavy atom. The molecule has 100 valence electrons. The first-order valence-electron chi connectivity index (χ1n) is 6.62. The van der Waals surface area contributed by atoms with Crippen LogP contribution in [0.2, 0.25) is 0 Å². The number of nitrogens with one attached hydrogen (secondary N) is 1. The maximum atomic E-state index is 5.98. The van der Waals surface area contributed by atoms with Gasteiger partial charge >= 0.3 is 0 Å². The molecule has 1 aliphatic carbocycles. The zero-order valence-corrected chi connectivity index (χ0v) is 12.5. The number of halogens is 1. The van der Waals surface area contributed by atoms with Crippen LogP contribution in [0.15, 0.2) is 10.7 Å². The molecule has 1 aliphatic rings. The third-order valence-corrected chi connectivity index (χ3v) is 3.83. The highest BCUT2D eigenvalue weighted by Crippen LogP contribution is 2.29. The standard InChI is InChI=1S/C13H20BrN3O/c1-3-15-13-16-8-11(14)12(17-13)18-10-6-4-9(2)5-7-10/h8-10H,3-7H2,1-2H3,(H,15,16,17). The van der Waals surface area contributed by atoms with E-state index in [1.165, 1.54) is 12.8 Å². The summed E-state index contributed by atoms with van der Waals surface area (Å²) in [6, 6.07) is 0. The summed E-state index contributed by atoms with van der Waals surface area (Å²) < 4.78 is 6.81. The van der Waals surface area contributed by atoms with E-state index in [9.17, 15) is 0 Å². The van der Waals surface area contributed by atoms with Crippen molar-refractivity contribution < 1.29 is 4.74 Å². The molecular weight excluding hydrogens is 294 g/mol. The summed E-state index contributed by atoms with van der Waals surface area (Å²) in [6.45, 7) is 5.14. The molecule has 1 N–H and O–H groups in total. The van der Waals surface area contributed by atoms with Crippen LogP contribution in [-0.4, -0.2) is 22.6 Å². The van der Waals surface area contributed by atoms with Gasteiger partial charge in [0.25, 0.3) is 0 Å². The highest BCUT2D eigenvalue weighted by molar-refractivity contribution is 9.10. The number of hydrogen-bond acceptors (Lipinski definition) is 4. The van der Waals surface area contributed by atoms with Crippen LogP contribution in [0, 0.1) is 5.92 Å². The quantitative estimate of drug-likeness (QED) is 0.922. The van der Waals surface area contributed by atoms with E-state index in [-0.39, 0.29) is 0 Å². The molecule has 1 aromatic heterocycles. The van der Waals surface area contributed by atoms with Gasteiger partial charge in [0.15, 0.2) is 0 Å². The Morgan fingerprint density at radius 3 is 2.78 bits per heavy atom. The van der Waals surface area contributed by atoms with E-state index in [1.54, 1.807) is 6.20 Å². The molecule has 5 heteroatoms. The molecule has 0 radical (unpaired) electrons. The fourth-order valence-electron chi connectivity index (χ4n) is 2.18. The highest BCUT2D eigenvalue weighted by atomic mass is 79.9. The molecule has 0 spiro atoms. The smallest absolute Gasteiger partial charge is 0.233 e. The molecule has 0 saturated heterocycles. The van der Waals surface area contributed by atoms with Crippen molar-refractivity contribution in [3.8, 4) is 5.88 Å². The van der Waals surface area contributed by atoms with Crippen LogP contribution in [0.3, 0.4) is 0 Å². The molecule has 0 aromatic carbocycles. The number of nitrogens with zero attached hydrogens (tertiary/aromatic N) is 2. The normalized spacial score (nSPS) is 23.7. The lowest BCUT2D eigenvalue weighted by Crippen LogP contribution is -2.23. The van der Waals surface area contributed by atoms with E-state index in [4.69, 9.17) is 4.74 Å². The molecule has 1 fully saturated rings. The molecule has 0 atom stereocenters. The summed E-state index contributed by atoms with van der Waals surface area (Å²) in [4.78, 5) is 8.57. The van der Waals surface area contributed by atoms with E-state index >= 15 is 0 Å². The minimum absolute atomic E-state index is 0.293. The van der Waals surface area contributed by atoms with Crippen LogP contribution in [0.25, 0.3) is 0 Å². The van der Waals surface area contributed by atoms with Gasteiger partial charge in [0, 0.05) is 6.54 Å². The zero-order valence-electron chi connectivity index (χ0n) is 10.9. The van der Waals surface area contributed by atoms with Gasteiger partial charge in [-0.2, -0.15) is 4.98 Å². The first-order chi connectivity index (χ1) is 8.69. The van der Waals surface area contributed by atoms with Crippen LogP contribution in [-0.2, 0) is 0 Å². The van der Waals surface area contributed by atoms with Crippen molar-refractivity contribution in [1.82, 2.24) is 9.97 Å². The largest absolute Gasteiger partial charge is 0.473 e. The summed E-state index contributed by atoms with van der Waals surface area (Å²) in [5, 5.41) is 3.10. The van der Waals surface area contributed by atoms with Crippen LogP contribution >= 0.6 is 15.9 Å². The SMILES string of the molecule is CCNc1ncc(Br)c(OC2CCC(C)CC2)n1. The van der Waals surface area contributed by atoms with E-state index in [1.807, 2.05) is 6.92 Å². The molecule has 4 nitrogen and oxygen atoms in total. The third-order valence-electron chi connectivity index (χ3n) is 3.29. The van der Waals surface area contributed by atoms with Crippen molar-refractivity contribution in [2.24, 2.45) is 5.92 Å². The summed E-state index contributed by atoms with van der Waals surface area (Å²) in [7, 11) is 0. The van der Waals surface area contributed by atoms with Crippen molar-refractivity contribution in [1.29, 1.82) is 0 Å². The van der Waals surface area contributed by atoms with Gasteiger partial charge in [0.1, 0.15) is 6.10 Å². The lowest BCUT2D eigenvalue weighted by molar-refractivity contribution is 0.129. The molecule has 1 heterocycles. The minimum atomic E-state index is 0.293. The Labute approximate surface area is 117 Å². The lowest BCUT2D eigenvalue weighted by atomic mass is 9.89. The fraction of sp³-hybridized carbons (Fsp3) is 0.692. The second kappa shape index (κ2) is 6.36. The first-order valence-corrected chi connectivity index (χ1v) is 7.41. The van der Waals surface area contributed by atoms with Crippen molar-refractivity contribution in [2.45, 2.75) is 45.6 Å². The first kappa shape index (κ1) is 13.6. The topological polar surface area (TPSA) is 47.0 Å². The van der Waals surface area contributed by atoms with E-state index in [0.29, 0.717) is 17.9 Å². The molecule has 0 unspecified atom stereocenters. The highest BCUT2D eigenvalue weighted by Gasteiger charge is 2.21. The summed E-state index contributed by atoms with van der Waals surface area (Å²) in [5.41, 5.74) is 0. The second-order valence-corrected chi connectivity index (χ2v) is 5.73. The average Bonchev–Trinajstić information content (AvgIpc) is 2.36. The van der Waals surface area contributed by atoms with E-state index in [0.717, 1.165) is 29.8 Å². The molecule has 18 heavy (non-hydrogen) atoms. The maximum Gasteiger partial charge on any atom is 0.233 e. The predicted octanol–water partition coefficient (Wildman–Crippen LogP) is 3.63. The maximum absolute atomic E-state index is 5.98.